The molecule has 0 radical (unpaired) electrons. The van der Waals surface area contributed by atoms with Gasteiger partial charge in [0.2, 0.25) is 0 Å². The first-order valence-electron chi connectivity index (χ1n) is 8.30. The number of carbonyl (C=O) groups is 1. The highest BCUT2D eigenvalue weighted by Crippen LogP contribution is 2.09. The van der Waals surface area contributed by atoms with Gasteiger partial charge in [-0.1, -0.05) is 26.2 Å². The van der Waals surface area contributed by atoms with Crippen molar-refractivity contribution in [2.45, 2.75) is 39.5 Å². The van der Waals surface area contributed by atoms with Gasteiger partial charge >= 0.3 is 5.97 Å². The lowest BCUT2D eigenvalue weighted by atomic mass is 10.2. The molecule has 2 rings (SSSR count). The third-order valence-electron chi connectivity index (χ3n) is 3.93. The zero-order valence-corrected chi connectivity index (χ0v) is 15.6. The average molecular weight is 383 g/mol. The lowest BCUT2D eigenvalue weighted by molar-refractivity contribution is -0.777. The van der Waals surface area contributed by atoms with Crippen molar-refractivity contribution < 1.29 is 31.4 Å². The first-order valence-corrected chi connectivity index (χ1v) is 8.30. The Bertz CT molecular complexity index is 502. The van der Waals surface area contributed by atoms with E-state index in [1.807, 2.05) is 31.2 Å². The number of unbranched alkanes of at least 4 members (excludes halogenated alkanes) is 3. The maximum atomic E-state index is 11.6. The van der Waals surface area contributed by atoms with Crippen LogP contribution < -0.4 is 21.9 Å². The number of ether oxygens (including phenoxy) is 1. The summed E-state index contributed by atoms with van der Waals surface area (Å²) in [4.78, 5) is 15.3. The topological polar surface area (TPSA) is 34.0 Å². The predicted octanol–water partition coefficient (Wildman–Crippen LogP) is -0.292. The van der Waals surface area contributed by atoms with Gasteiger partial charge in [-0.3, -0.25) is 4.90 Å². The summed E-state index contributed by atoms with van der Waals surface area (Å²) in [5, 5.41) is 0. The standard InChI is InChI=1S/C18H26N2O2.BrH/c1-3-5-6-7-12-19-13-14-20(15-19)17-10-8-16(9-11-17)18(21)22-4-2;/h8-11,13-14H,3-7,12,15H2,1-2H3;1H. The average Bonchev–Trinajstić information content (AvgIpc) is 3.01. The van der Waals surface area contributed by atoms with Crippen LogP contribution >= 0.6 is 0 Å². The number of nitrogens with one attached hydrogen (secondary N) is 1. The van der Waals surface area contributed by atoms with Crippen molar-refractivity contribution in [1.82, 2.24) is 4.90 Å². The van der Waals surface area contributed by atoms with Crippen LogP contribution in [0.3, 0.4) is 0 Å². The molecule has 128 valence electrons. The van der Waals surface area contributed by atoms with E-state index >= 15 is 0 Å². The molecule has 1 heterocycles. The summed E-state index contributed by atoms with van der Waals surface area (Å²) < 4.78 is 5.01. The Labute approximate surface area is 149 Å². The van der Waals surface area contributed by atoms with Crippen LogP contribution in [0.25, 0.3) is 0 Å². The number of quaternary nitrogens is 1. The highest BCUT2D eigenvalue weighted by molar-refractivity contribution is 5.89. The number of rotatable bonds is 8. The summed E-state index contributed by atoms with van der Waals surface area (Å²) in [6.07, 6.45) is 9.53. The van der Waals surface area contributed by atoms with E-state index in [0.717, 1.165) is 13.2 Å². The molecular formula is C18H27BrN2O2. The Kier molecular flexibility index (Phi) is 8.95. The first-order chi connectivity index (χ1) is 10.7. The molecule has 23 heavy (non-hydrogen) atoms. The molecule has 0 saturated carbocycles. The van der Waals surface area contributed by atoms with Crippen molar-refractivity contribution in [2.75, 3.05) is 19.8 Å². The van der Waals surface area contributed by atoms with Crippen molar-refractivity contribution in [3.05, 3.63) is 42.2 Å². The van der Waals surface area contributed by atoms with Crippen molar-refractivity contribution in [3.8, 4) is 0 Å². The Balaban J connectivity index is 0.00000264. The highest BCUT2D eigenvalue weighted by atomic mass is 79.9. The molecule has 0 fully saturated rings. The van der Waals surface area contributed by atoms with Crippen LogP contribution in [0.4, 0.5) is 5.69 Å². The Morgan fingerprint density at radius 1 is 1.17 bits per heavy atom. The molecule has 0 aromatic heterocycles. The first kappa shape index (κ1) is 19.7. The molecule has 1 aliphatic rings. The molecule has 5 heteroatoms. The predicted molar refractivity (Wildman–Crippen MR) is 87.9 cm³/mol. The molecule has 4 nitrogen and oxygen atoms in total. The third-order valence-corrected chi connectivity index (χ3v) is 3.93. The molecule has 1 atom stereocenters. The van der Waals surface area contributed by atoms with E-state index in [9.17, 15) is 4.79 Å². The van der Waals surface area contributed by atoms with E-state index < -0.39 is 0 Å². The van der Waals surface area contributed by atoms with E-state index in [0.29, 0.717) is 12.2 Å². The molecule has 1 N–H and O–H groups in total. The second-order valence-electron chi connectivity index (χ2n) is 5.67. The smallest absolute Gasteiger partial charge is 0.338 e. The highest BCUT2D eigenvalue weighted by Gasteiger charge is 2.19. The number of esters is 1. The molecule has 1 aromatic carbocycles. The van der Waals surface area contributed by atoms with E-state index in [1.165, 1.54) is 36.3 Å². The largest absolute Gasteiger partial charge is 1.00 e. The number of halogens is 1. The Hall–Kier alpha value is -1.33. The molecule has 0 bridgehead atoms. The lowest BCUT2D eigenvalue weighted by Crippen LogP contribution is -3.02. The minimum absolute atomic E-state index is 0. The van der Waals surface area contributed by atoms with Crippen molar-refractivity contribution >= 4 is 11.7 Å². The number of hydrogen-bond donors (Lipinski definition) is 1. The molecular weight excluding hydrogens is 356 g/mol. The maximum Gasteiger partial charge on any atom is 0.338 e. The zero-order valence-electron chi connectivity index (χ0n) is 14.1. The van der Waals surface area contributed by atoms with Gasteiger partial charge in [-0.15, -0.1) is 0 Å². The normalized spacial score (nSPS) is 16.3. The Morgan fingerprint density at radius 3 is 2.57 bits per heavy atom. The summed E-state index contributed by atoms with van der Waals surface area (Å²) in [6, 6.07) is 7.70. The second-order valence-corrected chi connectivity index (χ2v) is 5.67. The van der Waals surface area contributed by atoms with E-state index in [2.05, 4.69) is 24.2 Å². The minimum Gasteiger partial charge on any atom is -1.00 e. The molecule has 1 aromatic rings. The van der Waals surface area contributed by atoms with Crippen molar-refractivity contribution in [2.24, 2.45) is 0 Å². The summed E-state index contributed by atoms with van der Waals surface area (Å²) >= 11 is 0. The van der Waals surface area contributed by atoms with Gasteiger partial charge in [-0.25, -0.2) is 4.79 Å². The van der Waals surface area contributed by atoms with Crippen molar-refractivity contribution in [1.29, 1.82) is 0 Å². The van der Waals surface area contributed by atoms with Crippen LogP contribution in [0.2, 0.25) is 0 Å². The fraction of sp³-hybridized carbons (Fsp3) is 0.500. The lowest BCUT2D eigenvalue weighted by Gasteiger charge is -2.16. The fourth-order valence-electron chi connectivity index (χ4n) is 2.64. The number of nitrogens with zero attached hydrogens (tertiary/aromatic N) is 1. The van der Waals surface area contributed by atoms with E-state index in [4.69, 9.17) is 4.74 Å². The summed E-state index contributed by atoms with van der Waals surface area (Å²) in [5.74, 6) is -0.251. The van der Waals surface area contributed by atoms with Gasteiger partial charge in [-0.05, 0) is 25.5 Å². The van der Waals surface area contributed by atoms with Gasteiger partial charge in [0.1, 0.15) is 11.9 Å². The van der Waals surface area contributed by atoms with Crippen LogP contribution in [0, 0.1) is 0 Å². The minimum atomic E-state index is -0.251. The molecule has 1 aliphatic heterocycles. The SMILES string of the molecule is CCCCCCN1C=C[NH+](c2ccc(C(=O)OCC)cc2)C1.[Br-]. The molecule has 0 amide bonds. The van der Waals surface area contributed by atoms with Gasteiger partial charge in [0.15, 0.2) is 6.67 Å². The van der Waals surface area contributed by atoms with Gasteiger partial charge in [0.05, 0.1) is 18.4 Å². The molecule has 1 unspecified atom stereocenters. The fourth-order valence-corrected chi connectivity index (χ4v) is 2.64. The van der Waals surface area contributed by atoms with Crippen LogP contribution in [-0.4, -0.2) is 30.7 Å². The monoisotopic (exact) mass is 382 g/mol. The number of hydrogen-bond acceptors (Lipinski definition) is 3. The third kappa shape index (κ3) is 5.99. The van der Waals surface area contributed by atoms with Crippen LogP contribution in [-0.2, 0) is 4.74 Å². The number of carbonyl (C=O) groups excluding carboxylic acids is 1. The van der Waals surface area contributed by atoms with Crippen LogP contribution in [0.15, 0.2) is 36.7 Å². The quantitative estimate of drug-likeness (QED) is 0.495. The Morgan fingerprint density at radius 2 is 1.91 bits per heavy atom. The van der Waals surface area contributed by atoms with E-state index in [1.54, 1.807) is 0 Å². The summed E-state index contributed by atoms with van der Waals surface area (Å²) in [5.41, 5.74) is 1.80. The van der Waals surface area contributed by atoms with Crippen LogP contribution in [0.1, 0.15) is 49.9 Å². The molecule has 0 saturated heterocycles. The van der Waals surface area contributed by atoms with Gasteiger partial charge in [-0.2, -0.15) is 0 Å². The van der Waals surface area contributed by atoms with E-state index in [-0.39, 0.29) is 23.0 Å². The summed E-state index contributed by atoms with van der Waals surface area (Å²) in [7, 11) is 0. The second kappa shape index (κ2) is 10.4. The van der Waals surface area contributed by atoms with Gasteiger partial charge in [0, 0.05) is 18.7 Å². The zero-order chi connectivity index (χ0) is 15.8. The van der Waals surface area contributed by atoms with Crippen molar-refractivity contribution in [3.63, 3.8) is 0 Å². The number of benzene rings is 1. The van der Waals surface area contributed by atoms with Gasteiger partial charge in [0.25, 0.3) is 0 Å². The maximum absolute atomic E-state index is 11.6. The van der Waals surface area contributed by atoms with Crippen LogP contribution in [0.5, 0.6) is 0 Å². The summed E-state index contributed by atoms with van der Waals surface area (Å²) in [6.45, 7) is 6.56. The molecule has 0 spiro atoms. The van der Waals surface area contributed by atoms with Gasteiger partial charge < -0.3 is 26.6 Å². The molecule has 0 aliphatic carbocycles.